The van der Waals surface area contributed by atoms with Crippen LogP contribution in [0.4, 0.5) is 0 Å². The molecule has 0 spiro atoms. The first-order chi connectivity index (χ1) is 10.6. The second kappa shape index (κ2) is 7.31. The third-order valence-electron chi connectivity index (χ3n) is 3.46. The largest absolute Gasteiger partial charge is 0.492 e. The van der Waals surface area contributed by atoms with Gasteiger partial charge in [0.05, 0.1) is 12.7 Å². The summed E-state index contributed by atoms with van der Waals surface area (Å²) in [5, 5.41) is 3.78. The number of thiocarbonyl (C=S) groups is 1. The van der Waals surface area contributed by atoms with Gasteiger partial charge in [-0.2, -0.15) is 0 Å². The Morgan fingerprint density at radius 1 is 1.55 bits per heavy atom. The molecule has 1 aromatic carbocycles. The van der Waals surface area contributed by atoms with Crippen LogP contribution in [0.2, 0.25) is 0 Å². The number of hydrogen-bond acceptors (Lipinski definition) is 5. The minimum atomic E-state index is 0.137. The van der Waals surface area contributed by atoms with Gasteiger partial charge in [0.2, 0.25) is 12.5 Å². The number of aldehydes is 1. The van der Waals surface area contributed by atoms with Gasteiger partial charge in [0, 0.05) is 20.1 Å². The van der Waals surface area contributed by atoms with Crippen molar-refractivity contribution in [2.75, 3.05) is 34.0 Å². The minimum absolute atomic E-state index is 0.137. The lowest BCUT2D eigenvalue weighted by Gasteiger charge is -2.21. The lowest BCUT2D eigenvalue weighted by Crippen LogP contribution is -2.38. The Balaban J connectivity index is 2.20. The standard InChI is InChI=1S/C15H20N2O4S/c1-4-16-15(22)17(2)6-5-10-7-12-14(21-9-20-12)13(19-3)11(10)8-18/h7-8H,4-6,9H2,1-3H3,(H,16,22). The summed E-state index contributed by atoms with van der Waals surface area (Å²) in [6.07, 6.45) is 1.43. The summed E-state index contributed by atoms with van der Waals surface area (Å²) in [5.74, 6) is 1.52. The highest BCUT2D eigenvalue weighted by molar-refractivity contribution is 7.80. The normalized spacial score (nSPS) is 12.0. The smallest absolute Gasteiger partial charge is 0.231 e. The molecule has 1 aliphatic heterocycles. The molecule has 22 heavy (non-hydrogen) atoms. The maximum absolute atomic E-state index is 11.5. The van der Waals surface area contributed by atoms with Crippen molar-refractivity contribution < 1.29 is 19.0 Å². The van der Waals surface area contributed by atoms with E-state index in [2.05, 4.69) is 5.32 Å². The van der Waals surface area contributed by atoms with Gasteiger partial charge in [-0.25, -0.2) is 0 Å². The summed E-state index contributed by atoms with van der Waals surface area (Å²) in [6.45, 7) is 3.58. The van der Waals surface area contributed by atoms with E-state index < -0.39 is 0 Å². The van der Waals surface area contributed by atoms with Crippen LogP contribution in [0.15, 0.2) is 6.07 Å². The van der Waals surface area contributed by atoms with Crippen molar-refractivity contribution in [3.63, 3.8) is 0 Å². The monoisotopic (exact) mass is 324 g/mol. The van der Waals surface area contributed by atoms with E-state index in [0.717, 1.165) is 18.4 Å². The topological polar surface area (TPSA) is 60.0 Å². The third kappa shape index (κ3) is 3.24. The van der Waals surface area contributed by atoms with Crippen LogP contribution in [0.1, 0.15) is 22.8 Å². The molecule has 0 saturated heterocycles. The van der Waals surface area contributed by atoms with E-state index in [0.29, 0.717) is 40.9 Å². The summed E-state index contributed by atoms with van der Waals surface area (Å²) < 4.78 is 16.1. The van der Waals surface area contributed by atoms with Gasteiger partial charge in [-0.1, -0.05) is 0 Å². The fourth-order valence-corrected chi connectivity index (χ4v) is 2.53. The zero-order chi connectivity index (χ0) is 16.1. The van der Waals surface area contributed by atoms with Gasteiger partial charge in [0.15, 0.2) is 22.9 Å². The molecule has 6 nitrogen and oxygen atoms in total. The average Bonchev–Trinajstić information content (AvgIpc) is 2.98. The molecule has 1 N–H and O–H groups in total. The van der Waals surface area contributed by atoms with Crippen LogP contribution < -0.4 is 19.5 Å². The highest BCUT2D eigenvalue weighted by atomic mass is 32.1. The number of ether oxygens (including phenoxy) is 3. The van der Waals surface area contributed by atoms with Crippen molar-refractivity contribution in [1.29, 1.82) is 0 Å². The maximum atomic E-state index is 11.5. The first kappa shape index (κ1) is 16.4. The molecule has 0 saturated carbocycles. The Hall–Kier alpha value is -2.02. The van der Waals surface area contributed by atoms with Crippen LogP contribution in [-0.4, -0.2) is 50.3 Å². The van der Waals surface area contributed by atoms with E-state index in [4.69, 9.17) is 26.4 Å². The van der Waals surface area contributed by atoms with Gasteiger partial charge in [-0.05, 0) is 37.2 Å². The number of carbonyl (C=O) groups is 1. The minimum Gasteiger partial charge on any atom is -0.492 e. The summed E-state index contributed by atoms with van der Waals surface area (Å²) >= 11 is 5.26. The molecular formula is C15H20N2O4S. The Bertz CT molecular complexity index is 577. The zero-order valence-corrected chi connectivity index (χ0v) is 13.8. The summed E-state index contributed by atoms with van der Waals surface area (Å²) in [6, 6.07) is 1.83. The van der Waals surface area contributed by atoms with Crippen molar-refractivity contribution in [3.05, 3.63) is 17.2 Å². The van der Waals surface area contributed by atoms with Crippen LogP contribution in [0, 0.1) is 0 Å². The SMILES string of the molecule is CCNC(=S)N(C)CCc1cc2c(c(OC)c1C=O)OCO2. The van der Waals surface area contributed by atoms with E-state index in [-0.39, 0.29) is 6.79 Å². The molecule has 1 heterocycles. The molecule has 0 atom stereocenters. The first-order valence-electron chi connectivity index (χ1n) is 7.06. The number of methoxy groups -OCH3 is 1. The third-order valence-corrected chi connectivity index (χ3v) is 3.91. The number of nitrogens with zero attached hydrogens (tertiary/aromatic N) is 1. The van der Waals surface area contributed by atoms with Crippen LogP contribution in [0.5, 0.6) is 17.2 Å². The van der Waals surface area contributed by atoms with E-state index in [9.17, 15) is 4.79 Å². The number of benzene rings is 1. The van der Waals surface area contributed by atoms with E-state index in [1.165, 1.54) is 7.11 Å². The van der Waals surface area contributed by atoms with Gasteiger partial charge in [-0.3, -0.25) is 4.79 Å². The number of rotatable bonds is 6. The molecule has 0 aromatic heterocycles. The Morgan fingerprint density at radius 2 is 2.32 bits per heavy atom. The van der Waals surface area contributed by atoms with Gasteiger partial charge >= 0.3 is 0 Å². The van der Waals surface area contributed by atoms with E-state index >= 15 is 0 Å². The highest BCUT2D eigenvalue weighted by Gasteiger charge is 2.25. The maximum Gasteiger partial charge on any atom is 0.231 e. The predicted molar refractivity (Wildman–Crippen MR) is 87.1 cm³/mol. The van der Waals surface area contributed by atoms with E-state index in [1.807, 2.05) is 24.9 Å². The second-order valence-corrected chi connectivity index (χ2v) is 5.23. The Labute approximate surface area is 135 Å². The van der Waals surface area contributed by atoms with Gasteiger partial charge in [0.1, 0.15) is 0 Å². The number of likely N-dealkylation sites (N-methyl/N-ethyl adjacent to an activating group) is 1. The molecule has 0 aliphatic carbocycles. The van der Waals surface area contributed by atoms with Crippen LogP contribution >= 0.6 is 12.2 Å². The summed E-state index contributed by atoms with van der Waals surface area (Å²) in [4.78, 5) is 13.4. The molecule has 1 aromatic rings. The first-order valence-corrected chi connectivity index (χ1v) is 7.46. The molecule has 0 unspecified atom stereocenters. The Morgan fingerprint density at radius 3 is 2.95 bits per heavy atom. The molecule has 0 fully saturated rings. The molecule has 7 heteroatoms. The van der Waals surface area contributed by atoms with Crippen LogP contribution in [0.25, 0.3) is 0 Å². The van der Waals surface area contributed by atoms with Crippen molar-refractivity contribution in [3.8, 4) is 17.2 Å². The van der Waals surface area contributed by atoms with Gasteiger partial charge in [-0.15, -0.1) is 0 Å². The molecule has 0 amide bonds. The number of nitrogens with one attached hydrogen (secondary N) is 1. The summed E-state index contributed by atoms with van der Waals surface area (Å²) in [7, 11) is 3.43. The number of hydrogen-bond donors (Lipinski definition) is 1. The van der Waals surface area contributed by atoms with Crippen molar-refractivity contribution in [1.82, 2.24) is 10.2 Å². The fourth-order valence-electron chi connectivity index (χ4n) is 2.29. The van der Waals surface area contributed by atoms with Crippen molar-refractivity contribution in [2.24, 2.45) is 0 Å². The molecule has 120 valence electrons. The molecule has 0 bridgehead atoms. The average molecular weight is 324 g/mol. The zero-order valence-electron chi connectivity index (χ0n) is 13.0. The molecule has 2 rings (SSSR count). The fraction of sp³-hybridized carbons (Fsp3) is 0.467. The van der Waals surface area contributed by atoms with Crippen molar-refractivity contribution >= 4 is 23.6 Å². The molecule has 1 aliphatic rings. The van der Waals surface area contributed by atoms with E-state index in [1.54, 1.807) is 0 Å². The number of fused-ring (bicyclic) bond motifs is 1. The highest BCUT2D eigenvalue weighted by Crippen LogP contribution is 2.44. The number of carbonyl (C=O) groups excluding carboxylic acids is 1. The van der Waals surface area contributed by atoms with Crippen LogP contribution in [0.3, 0.4) is 0 Å². The lowest BCUT2D eigenvalue weighted by molar-refractivity contribution is 0.111. The second-order valence-electron chi connectivity index (χ2n) is 4.84. The lowest BCUT2D eigenvalue weighted by atomic mass is 10.0. The Kier molecular flexibility index (Phi) is 5.43. The predicted octanol–water partition coefficient (Wildman–Crippen LogP) is 1.61. The molecular weight excluding hydrogens is 304 g/mol. The molecule has 0 radical (unpaired) electrons. The van der Waals surface area contributed by atoms with Gasteiger partial charge in [0.25, 0.3) is 0 Å². The van der Waals surface area contributed by atoms with Gasteiger partial charge < -0.3 is 24.4 Å². The van der Waals surface area contributed by atoms with Crippen molar-refractivity contribution in [2.45, 2.75) is 13.3 Å². The summed E-state index contributed by atoms with van der Waals surface area (Å²) in [5.41, 5.74) is 1.34. The quantitative estimate of drug-likeness (QED) is 0.630. The van der Waals surface area contributed by atoms with Crippen LogP contribution in [-0.2, 0) is 6.42 Å².